The molecule has 8 nitrogen and oxygen atoms in total. The first-order chi connectivity index (χ1) is 16.5. The number of methoxy groups -OCH3 is 3. The highest BCUT2D eigenvalue weighted by molar-refractivity contribution is 5.99. The number of carbonyl (C=O) groups is 2. The molecular formula is C26H27N3O5. The number of hydrogen-bond acceptors (Lipinski definition) is 6. The minimum Gasteiger partial charge on any atom is -0.493 e. The molecule has 0 spiro atoms. The molecule has 0 saturated heterocycles. The summed E-state index contributed by atoms with van der Waals surface area (Å²) in [5.74, 6) is 1.04. The summed E-state index contributed by atoms with van der Waals surface area (Å²) in [6, 6.07) is 16.1. The van der Waals surface area contributed by atoms with E-state index < -0.39 is 6.04 Å². The summed E-state index contributed by atoms with van der Waals surface area (Å²) in [6.45, 7) is 0.708. The van der Waals surface area contributed by atoms with Crippen LogP contribution in [0.4, 0.5) is 0 Å². The topological polar surface area (TPSA) is 90.0 Å². The zero-order chi connectivity index (χ0) is 24.1. The number of amides is 2. The summed E-state index contributed by atoms with van der Waals surface area (Å²) in [5, 5.41) is 2.91. The van der Waals surface area contributed by atoms with E-state index in [9.17, 15) is 9.59 Å². The molecule has 34 heavy (non-hydrogen) atoms. The number of ether oxygens (including phenoxy) is 3. The minimum absolute atomic E-state index is 0.0607. The molecule has 2 aromatic carbocycles. The molecule has 1 aliphatic heterocycles. The molecule has 2 heterocycles. The normalized spacial score (nSPS) is 13.3. The van der Waals surface area contributed by atoms with Gasteiger partial charge in [0.15, 0.2) is 11.5 Å². The molecule has 1 N–H and O–H groups in total. The van der Waals surface area contributed by atoms with Gasteiger partial charge in [-0.25, -0.2) is 0 Å². The monoisotopic (exact) mass is 461 g/mol. The molecule has 2 amide bonds. The molecule has 176 valence electrons. The molecule has 0 aliphatic carbocycles. The first kappa shape index (κ1) is 23.1. The van der Waals surface area contributed by atoms with Crippen molar-refractivity contribution in [3.63, 3.8) is 0 Å². The maximum Gasteiger partial charge on any atom is 0.255 e. The van der Waals surface area contributed by atoms with Crippen molar-refractivity contribution in [1.82, 2.24) is 15.2 Å². The van der Waals surface area contributed by atoms with Crippen molar-refractivity contribution in [2.24, 2.45) is 0 Å². The Labute approximate surface area is 198 Å². The van der Waals surface area contributed by atoms with Crippen molar-refractivity contribution in [1.29, 1.82) is 0 Å². The lowest BCUT2D eigenvalue weighted by molar-refractivity contribution is -0.122. The zero-order valence-electron chi connectivity index (χ0n) is 19.4. The van der Waals surface area contributed by atoms with E-state index in [-0.39, 0.29) is 18.2 Å². The van der Waals surface area contributed by atoms with Gasteiger partial charge in [-0.2, -0.15) is 0 Å². The molecule has 3 aromatic rings. The lowest BCUT2D eigenvalue weighted by Crippen LogP contribution is -2.34. The van der Waals surface area contributed by atoms with Gasteiger partial charge in [-0.1, -0.05) is 24.3 Å². The zero-order valence-corrected chi connectivity index (χ0v) is 19.4. The van der Waals surface area contributed by atoms with Gasteiger partial charge in [0.05, 0.1) is 46.0 Å². The average molecular weight is 462 g/mol. The Kier molecular flexibility index (Phi) is 6.96. The van der Waals surface area contributed by atoms with E-state index in [1.54, 1.807) is 23.2 Å². The molecule has 1 aliphatic rings. The van der Waals surface area contributed by atoms with Crippen LogP contribution in [0.25, 0.3) is 0 Å². The number of rotatable bonds is 9. The Morgan fingerprint density at radius 2 is 1.74 bits per heavy atom. The van der Waals surface area contributed by atoms with Crippen molar-refractivity contribution < 1.29 is 23.8 Å². The van der Waals surface area contributed by atoms with Gasteiger partial charge in [0.25, 0.3) is 5.91 Å². The van der Waals surface area contributed by atoms with Gasteiger partial charge in [0, 0.05) is 18.3 Å². The summed E-state index contributed by atoms with van der Waals surface area (Å²) in [6.07, 6.45) is 1.74. The summed E-state index contributed by atoms with van der Waals surface area (Å²) in [5.41, 5.74) is 3.04. The van der Waals surface area contributed by atoms with E-state index in [1.807, 2.05) is 42.5 Å². The van der Waals surface area contributed by atoms with Crippen LogP contribution in [0.5, 0.6) is 17.2 Å². The third-order valence-corrected chi connectivity index (χ3v) is 5.87. The average Bonchev–Trinajstić information content (AvgIpc) is 3.21. The van der Waals surface area contributed by atoms with Crippen LogP contribution in [0.1, 0.15) is 39.6 Å². The van der Waals surface area contributed by atoms with Gasteiger partial charge in [0.1, 0.15) is 0 Å². The van der Waals surface area contributed by atoms with E-state index in [0.717, 1.165) is 11.3 Å². The Hall–Kier alpha value is -4.07. The van der Waals surface area contributed by atoms with Gasteiger partial charge in [-0.15, -0.1) is 0 Å². The Morgan fingerprint density at radius 1 is 1.03 bits per heavy atom. The summed E-state index contributed by atoms with van der Waals surface area (Å²) >= 11 is 0. The van der Waals surface area contributed by atoms with Gasteiger partial charge >= 0.3 is 0 Å². The summed E-state index contributed by atoms with van der Waals surface area (Å²) < 4.78 is 16.5. The Bertz CT molecular complexity index is 1160. The van der Waals surface area contributed by atoms with Crippen LogP contribution in [0.3, 0.4) is 0 Å². The third-order valence-electron chi connectivity index (χ3n) is 5.87. The van der Waals surface area contributed by atoms with Crippen molar-refractivity contribution >= 4 is 11.8 Å². The predicted molar refractivity (Wildman–Crippen MR) is 126 cm³/mol. The van der Waals surface area contributed by atoms with Crippen LogP contribution < -0.4 is 19.5 Å². The second-order valence-corrected chi connectivity index (χ2v) is 7.87. The van der Waals surface area contributed by atoms with E-state index in [4.69, 9.17) is 14.2 Å². The molecule has 1 aromatic heterocycles. The first-order valence-electron chi connectivity index (χ1n) is 10.9. The van der Waals surface area contributed by atoms with Gasteiger partial charge in [-0.05, 0) is 41.5 Å². The first-order valence-corrected chi connectivity index (χ1v) is 10.9. The molecule has 0 unspecified atom stereocenters. The fraction of sp³-hybridized carbons (Fsp3) is 0.269. The number of pyridine rings is 1. The van der Waals surface area contributed by atoms with Gasteiger partial charge in [-0.3, -0.25) is 14.6 Å². The largest absolute Gasteiger partial charge is 0.493 e. The third kappa shape index (κ3) is 4.66. The maximum absolute atomic E-state index is 13.3. The summed E-state index contributed by atoms with van der Waals surface area (Å²) in [4.78, 5) is 32.3. The van der Waals surface area contributed by atoms with Crippen LogP contribution in [-0.4, -0.2) is 43.0 Å². The van der Waals surface area contributed by atoms with Crippen LogP contribution in [0.15, 0.2) is 60.8 Å². The van der Waals surface area contributed by atoms with Crippen molar-refractivity contribution in [2.75, 3.05) is 21.3 Å². The fourth-order valence-corrected chi connectivity index (χ4v) is 4.17. The second-order valence-electron chi connectivity index (χ2n) is 7.87. The fourth-order valence-electron chi connectivity index (χ4n) is 4.17. The van der Waals surface area contributed by atoms with Gasteiger partial charge in [0.2, 0.25) is 11.7 Å². The van der Waals surface area contributed by atoms with E-state index in [1.165, 1.54) is 21.3 Å². The minimum atomic E-state index is -0.544. The predicted octanol–water partition coefficient (Wildman–Crippen LogP) is 3.51. The van der Waals surface area contributed by atoms with E-state index >= 15 is 0 Å². The smallest absolute Gasteiger partial charge is 0.255 e. The summed E-state index contributed by atoms with van der Waals surface area (Å²) in [7, 11) is 4.60. The van der Waals surface area contributed by atoms with Crippen LogP contribution in [0.2, 0.25) is 0 Å². The molecular weight excluding hydrogens is 434 g/mol. The molecule has 4 rings (SSSR count). The molecule has 0 fully saturated rings. The number of nitrogens with one attached hydrogen (secondary N) is 1. The van der Waals surface area contributed by atoms with Gasteiger partial charge < -0.3 is 24.4 Å². The number of hydrogen-bond donors (Lipinski definition) is 1. The molecule has 1 atom stereocenters. The van der Waals surface area contributed by atoms with E-state index in [2.05, 4.69) is 10.3 Å². The number of fused-ring (bicyclic) bond motifs is 1. The Morgan fingerprint density at radius 3 is 2.35 bits per heavy atom. The number of nitrogens with zero attached hydrogens (tertiary/aromatic N) is 2. The van der Waals surface area contributed by atoms with Crippen molar-refractivity contribution in [3.05, 3.63) is 83.2 Å². The van der Waals surface area contributed by atoms with Crippen molar-refractivity contribution in [2.45, 2.75) is 25.6 Å². The van der Waals surface area contributed by atoms with Crippen LogP contribution in [-0.2, 0) is 17.9 Å². The highest BCUT2D eigenvalue weighted by Crippen LogP contribution is 2.42. The number of benzene rings is 2. The standard InChI is InChI=1S/C26H27N3O5/c1-32-22-12-18(13-23(33-2)25(22)34-3)21(14-24(30)28-15-19-9-6-7-11-27-19)29-16-17-8-4-5-10-20(17)26(29)31/h4-13,21H,14-16H2,1-3H3,(H,28,30)/t21-/m0/s1. The Balaban J connectivity index is 1.66. The lowest BCUT2D eigenvalue weighted by Gasteiger charge is -2.29. The lowest BCUT2D eigenvalue weighted by atomic mass is 10.00. The molecule has 0 bridgehead atoms. The molecule has 0 saturated carbocycles. The van der Waals surface area contributed by atoms with E-state index in [0.29, 0.717) is 41.5 Å². The highest BCUT2D eigenvalue weighted by Gasteiger charge is 2.35. The molecule has 8 heteroatoms. The number of carbonyl (C=O) groups excluding carboxylic acids is 2. The molecule has 0 radical (unpaired) electrons. The SMILES string of the molecule is COc1cc([C@H](CC(=O)NCc2ccccn2)N2Cc3ccccc3C2=O)cc(OC)c1OC. The highest BCUT2D eigenvalue weighted by atomic mass is 16.5. The quantitative estimate of drug-likeness (QED) is 0.525. The van der Waals surface area contributed by atoms with Crippen LogP contribution >= 0.6 is 0 Å². The van der Waals surface area contributed by atoms with Crippen molar-refractivity contribution in [3.8, 4) is 17.2 Å². The second kappa shape index (κ2) is 10.2. The number of aromatic nitrogens is 1. The van der Waals surface area contributed by atoms with Crippen LogP contribution in [0, 0.1) is 0 Å². The maximum atomic E-state index is 13.3.